The number of rotatable bonds is 6. The first-order valence-electron chi connectivity index (χ1n) is 9.98. The van der Waals surface area contributed by atoms with Gasteiger partial charge in [-0.3, -0.25) is 19.5 Å². The molecule has 2 N–H and O–H groups in total. The van der Waals surface area contributed by atoms with Gasteiger partial charge in [0.2, 0.25) is 11.8 Å². The van der Waals surface area contributed by atoms with Gasteiger partial charge >= 0.3 is 0 Å². The van der Waals surface area contributed by atoms with E-state index in [0.29, 0.717) is 19.6 Å². The summed E-state index contributed by atoms with van der Waals surface area (Å²) in [4.78, 5) is 31.5. The number of aromatic nitrogens is 1. The molecule has 2 heterocycles. The number of aryl methyl sites for hydroxylation is 2. The Morgan fingerprint density at radius 3 is 2.93 bits per heavy atom. The summed E-state index contributed by atoms with van der Waals surface area (Å²) >= 11 is 0. The molecule has 0 bridgehead atoms. The second kappa shape index (κ2) is 8.52. The van der Waals surface area contributed by atoms with E-state index in [1.807, 2.05) is 36.5 Å². The second-order valence-electron chi connectivity index (χ2n) is 7.55. The zero-order valence-corrected chi connectivity index (χ0v) is 16.0. The number of nitrogens with zero attached hydrogens (tertiary/aromatic N) is 2. The summed E-state index contributed by atoms with van der Waals surface area (Å²) in [5.74, 6) is -0.183. The Hall–Kier alpha value is -2.73. The van der Waals surface area contributed by atoms with Gasteiger partial charge in [-0.15, -0.1) is 0 Å². The molecule has 4 rings (SSSR count). The number of nitrogens with one attached hydrogen (secondary N) is 2. The van der Waals surface area contributed by atoms with Crippen molar-refractivity contribution in [2.24, 2.45) is 0 Å². The standard InChI is InChI=1S/C22H26N4O2/c27-21(25-14-17-11-18-7-4-8-19(18)24-13-17)12-20-22(28)23-9-10-26(20)15-16-5-2-1-3-6-16/h1-3,5-6,11,13,20H,4,7-10,12,14-15H2,(H,23,28)(H,25,27). The van der Waals surface area contributed by atoms with Gasteiger partial charge in [0.05, 0.1) is 12.5 Å². The maximum Gasteiger partial charge on any atom is 0.237 e. The summed E-state index contributed by atoms with van der Waals surface area (Å²) in [5, 5.41) is 5.84. The minimum absolute atomic E-state index is 0.0727. The minimum atomic E-state index is -0.438. The van der Waals surface area contributed by atoms with Crippen molar-refractivity contribution in [1.82, 2.24) is 20.5 Å². The van der Waals surface area contributed by atoms with Crippen LogP contribution < -0.4 is 10.6 Å². The van der Waals surface area contributed by atoms with Gasteiger partial charge in [0.1, 0.15) is 0 Å². The van der Waals surface area contributed by atoms with Crippen LogP contribution in [0.25, 0.3) is 0 Å². The first kappa shape index (κ1) is 18.6. The number of fused-ring (bicyclic) bond motifs is 1. The molecule has 1 atom stereocenters. The zero-order chi connectivity index (χ0) is 19.3. The van der Waals surface area contributed by atoms with Crippen molar-refractivity contribution in [1.29, 1.82) is 0 Å². The highest BCUT2D eigenvalue weighted by Crippen LogP contribution is 2.20. The Morgan fingerprint density at radius 1 is 1.21 bits per heavy atom. The second-order valence-corrected chi connectivity index (χ2v) is 7.55. The van der Waals surface area contributed by atoms with Crippen LogP contribution in [0.3, 0.4) is 0 Å². The van der Waals surface area contributed by atoms with Gasteiger partial charge in [-0.2, -0.15) is 0 Å². The van der Waals surface area contributed by atoms with Gasteiger partial charge in [-0.1, -0.05) is 36.4 Å². The molecule has 2 aliphatic rings. The zero-order valence-electron chi connectivity index (χ0n) is 16.0. The van der Waals surface area contributed by atoms with Crippen LogP contribution in [0.2, 0.25) is 0 Å². The first-order chi connectivity index (χ1) is 13.7. The van der Waals surface area contributed by atoms with E-state index in [0.717, 1.165) is 36.9 Å². The number of benzene rings is 1. The van der Waals surface area contributed by atoms with E-state index >= 15 is 0 Å². The third kappa shape index (κ3) is 4.39. The highest BCUT2D eigenvalue weighted by molar-refractivity contribution is 5.88. The van der Waals surface area contributed by atoms with Crippen LogP contribution >= 0.6 is 0 Å². The number of pyridine rings is 1. The minimum Gasteiger partial charge on any atom is -0.353 e. The summed E-state index contributed by atoms with van der Waals surface area (Å²) in [6.45, 7) is 2.48. The molecule has 1 saturated heterocycles. The maximum absolute atomic E-state index is 12.5. The molecule has 1 fully saturated rings. The molecule has 0 spiro atoms. The summed E-state index contributed by atoms with van der Waals surface area (Å²) < 4.78 is 0. The topological polar surface area (TPSA) is 74.3 Å². The van der Waals surface area contributed by atoms with Gasteiger partial charge < -0.3 is 10.6 Å². The number of piperazine rings is 1. The maximum atomic E-state index is 12.5. The Kier molecular flexibility index (Phi) is 5.67. The molecular weight excluding hydrogens is 352 g/mol. The normalized spacial score (nSPS) is 19.1. The van der Waals surface area contributed by atoms with Crippen molar-refractivity contribution < 1.29 is 9.59 Å². The number of carbonyl (C=O) groups is 2. The van der Waals surface area contributed by atoms with Crippen molar-refractivity contribution in [3.63, 3.8) is 0 Å². The quantitative estimate of drug-likeness (QED) is 0.800. The summed E-state index contributed by atoms with van der Waals surface area (Å²) in [5.41, 5.74) is 4.65. The highest BCUT2D eigenvalue weighted by Gasteiger charge is 2.31. The van der Waals surface area contributed by atoms with E-state index in [1.54, 1.807) is 0 Å². The van der Waals surface area contributed by atoms with Gasteiger partial charge in [0.15, 0.2) is 0 Å². The molecule has 1 unspecified atom stereocenters. The highest BCUT2D eigenvalue weighted by atomic mass is 16.2. The van der Waals surface area contributed by atoms with Crippen LogP contribution in [0.1, 0.15) is 35.2 Å². The van der Waals surface area contributed by atoms with E-state index in [1.165, 1.54) is 11.3 Å². The van der Waals surface area contributed by atoms with Crippen molar-refractivity contribution in [2.75, 3.05) is 13.1 Å². The fourth-order valence-electron chi connectivity index (χ4n) is 4.01. The predicted octanol–water partition coefficient (Wildman–Crippen LogP) is 1.58. The van der Waals surface area contributed by atoms with Gasteiger partial charge in [0, 0.05) is 38.1 Å². The monoisotopic (exact) mass is 378 g/mol. The molecule has 146 valence electrons. The molecule has 2 aromatic rings. The largest absolute Gasteiger partial charge is 0.353 e. The molecule has 2 amide bonds. The molecule has 6 nitrogen and oxygen atoms in total. The predicted molar refractivity (Wildman–Crippen MR) is 106 cm³/mol. The molecule has 0 saturated carbocycles. The lowest BCUT2D eigenvalue weighted by Gasteiger charge is -2.34. The third-order valence-corrected chi connectivity index (χ3v) is 5.51. The summed E-state index contributed by atoms with van der Waals surface area (Å²) in [7, 11) is 0. The van der Waals surface area contributed by atoms with Crippen LogP contribution in [0.15, 0.2) is 42.6 Å². The number of carbonyl (C=O) groups excluding carboxylic acids is 2. The van der Waals surface area contributed by atoms with Gasteiger partial charge in [-0.05, 0) is 36.0 Å². The van der Waals surface area contributed by atoms with E-state index in [4.69, 9.17) is 0 Å². The van der Waals surface area contributed by atoms with Crippen molar-refractivity contribution in [3.05, 3.63) is 65.0 Å². The fraction of sp³-hybridized carbons (Fsp3) is 0.409. The average molecular weight is 378 g/mol. The molecule has 6 heteroatoms. The lowest BCUT2D eigenvalue weighted by atomic mass is 10.1. The molecule has 1 aliphatic heterocycles. The van der Waals surface area contributed by atoms with E-state index in [-0.39, 0.29) is 18.2 Å². The summed E-state index contributed by atoms with van der Waals surface area (Å²) in [6, 6.07) is 11.8. The van der Waals surface area contributed by atoms with Crippen LogP contribution in [-0.2, 0) is 35.5 Å². The molecule has 28 heavy (non-hydrogen) atoms. The Bertz CT molecular complexity index is 853. The van der Waals surface area contributed by atoms with Gasteiger partial charge in [0.25, 0.3) is 0 Å². The van der Waals surface area contributed by atoms with Crippen molar-refractivity contribution >= 4 is 11.8 Å². The fourth-order valence-corrected chi connectivity index (χ4v) is 4.01. The van der Waals surface area contributed by atoms with Gasteiger partial charge in [-0.25, -0.2) is 0 Å². The molecule has 1 aliphatic carbocycles. The van der Waals surface area contributed by atoms with E-state index < -0.39 is 6.04 Å². The number of amides is 2. The smallest absolute Gasteiger partial charge is 0.237 e. The number of hydrogen-bond acceptors (Lipinski definition) is 4. The average Bonchev–Trinajstić information content (AvgIpc) is 3.18. The Labute approximate surface area is 165 Å². The molecule has 1 aromatic heterocycles. The molecule has 0 radical (unpaired) electrons. The van der Waals surface area contributed by atoms with E-state index in [2.05, 4.69) is 26.6 Å². The van der Waals surface area contributed by atoms with Crippen LogP contribution in [0.4, 0.5) is 0 Å². The van der Waals surface area contributed by atoms with Crippen molar-refractivity contribution in [3.8, 4) is 0 Å². The van der Waals surface area contributed by atoms with Crippen LogP contribution in [0, 0.1) is 0 Å². The van der Waals surface area contributed by atoms with Crippen molar-refractivity contribution in [2.45, 2.75) is 44.8 Å². The van der Waals surface area contributed by atoms with Crippen LogP contribution in [-0.4, -0.2) is 40.8 Å². The molecular formula is C22H26N4O2. The van der Waals surface area contributed by atoms with E-state index in [9.17, 15) is 9.59 Å². The summed E-state index contributed by atoms with van der Waals surface area (Å²) in [6.07, 6.45) is 5.29. The Balaban J connectivity index is 1.35. The Morgan fingerprint density at radius 2 is 2.07 bits per heavy atom. The van der Waals surface area contributed by atoms with Crippen LogP contribution in [0.5, 0.6) is 0 Å². The third-order valence-electron chi connectivity index (χ3n) is 5.51. The number of hydrogen-bond donors (Lipinski definition) is 2. The lowest BCUT2D eigenvalue weighted by molar-refractivity contribution is -0.134. The lowest BCUT2D eigenvalue weighted by Crippen LogP contribution is -2.56. The SMILES string of the molecule is O=C(CC1C(=O)NCCN1Cc1ccccc1)NCc1cnc2c(c1)CCC2. The first-order valence-corrected chi connectivity index (χ1v) is 9.98. The molecule has 1 aromatic carbocycles.